The Morgan fingerprint density at radius 1 is 1.02 bits per heavy atom. The Hall–Kier alpha value is -2.69. The molecule has 1 unspecified atom stereocenters. The van der Waals surface area contributed by atoms with Gasteiger partial charge >= 0.3 is 5.97 Å². The van der Waals surface area contributed by atoms with Gasteiger partial charge in [0, 0.05) is 55.2 Å². The molecular weight excluding hydrogens is 554 g/mol. The van der Waals surface area contributed by atoms with Gasteiger partial charge in [0.05, 0.1) is 22.8 Å². The largest absolute Gasteiger partial charge is 0.492 e. The van der Waals surface area contributed by atoms with E-state index in [1.807, 2.05) is 58.9 Å². The number of carbonyl (C=O) groups is 1. The van der Waals surface area contributed by atoms with E-state index in [9.17, 15) is 18.3 Å². The van der Waals surface area contributed by atoms with Gasteiger partial charge in [-0.3, -0.25) is 9.88 Å². The second kappa shape index (κ2) is 12.5. The number of aryl methyl sites for hydroxylation is 2. The van der Waals surface area contributed by atoms with Crippen molar-refractivity contribution in [3.8, 4) is 16.9 Å². The Balaban J connectivity index is 1.66. The first-order valence-electron chi connectivity index (χ1n) is 14.9. The molecule has 0 bridgehead atoms. The van der Waals surface area contributed by atoms with Crippen LogP contribution < -0.4 is 9.64 Å². The Bertz CT molecular complexity index is 1360. The molecule has 9 nitrogen and oxygen atoms in total. The minimum Gasteiger partial charge on any atom is -0.492 e. The van der Waals surface area contributed by atoms with Crippen LogP contribution in [0, 0.1) is 19.3 Å². The van der Waals surface area contributed by atoms with Crippen LogP contribution in [0.1, 0.15) is 70.5 Å². The van der Waals surface area contributed by atoms with E-state index in [1.54, 1.807) is 0 Å². The molecule has 2 aliphatic heterocycles. The zero-order chi connectivity index (χ0) is 30.9. The Morgan fingerprint density at radius 3 is 2.17 bits per heavy atom. The number of anilines is 1. The summed E-state index contributed by atoms with van der Waals surface area (Å²) in [6.07, 6.45) is 0.842. The Morgan fingerprint density at radius 2 is 1.62 bits per heavy atom. The second-order valence-electron chi connectivity index (χ2n) is 13.4. The molecule has 3 heterocycles. The van der Waals surface area contributed by atoms with Crippen molar-refractivity contribution in [2.24, 2.45) is 5.41 Å². The number of aliphatic carboxylic acids is 1. The highest BCUT2D eigenvalue weighted by Gasteiger charge is 2.36. The SMILES string of the molecule is Cc1nc(C)c(C(OC(C)(C)C)C(=O)O)c(N2CCC(C)(C)CC2)c1-c1ccc(OCCN2CCS(=O)(=O)CC2)cc1. The minimum absolute atomic E-state index is 0.202. The van der Waals surface area contributed by atoms with Gasteiger partial charge in [0.15, 0.2) is 15.9 Å². The van der Waals surface area contributed by atoms with Crippen molar-refractivity contribution in [2.45, 2.75) is 73.0 Å². The number of ether oxygens (including phenoxy) is 2. The summed E-state index contributed by atoms with van der Waals surface area (Å²) < 4.78 is 35.5. The van der Waals surface area contributed by atoms with Gasteiger partial charge in [0.2, 0.25) is 0 Å². The van der Waals surface area contributed by atoms with Crippen LogP contribution in [0.2, 0.25) is 0 Å². The van der Waals surface area contributed by atoms with E-state index in [0.717, 1.165) is 54.2 Å². The third-order valence-corrected chi connectivity index (χ3v) is 9.84. The number of hydrogen-bond donors (Lipinski definition) is 1. The van der Waals surface area contributed by atoms with E-state index >= 15 is 0 Å². The predicted molar refractivity (Wildman–Crippen MR) is 166 cm³/mol. The molecule has 4 rings (SSSR count). The van der Waals surface area contributed by atoms with Crippen LogP contribution in [0.4, 0.5) is 5.69 Å². The fourth-order valence-electron chi connectivity index (χ4n) is 5.74. The molecule has 2 saturated heterocycles. The average molecular weight is 602 g/mol. The highest BCUT2D eigenvalue weighted by molar-refractivity contribution is 7.91. The van der Waals surface area contributed by atoms with Crippen LogP contribution in [0.25, 0.3) is 11.1 Å². The molecule has 0 radical (unpaired) electrons. The number of pyridine rings is 1. The Kier molecular flexibility index (Phi) is 9.59. The standard InChI is InChI=1S/C32H47N3O6S/c1-22-26(24-8-10-25(11-9-24)40-19-16-34-17-20-42(38,39)21-18-34)28(35-14-12-32(6,7)13-15-35)27(23(2)33-22)29(30(36)37)41-31(3,4)5/h8-11,29H,12-21H2,1-7H3,(H,36,37). The maximum Gasteiger partial charge on any atom is 0.337 e. The maximum atomic E-state index is 12.7. The quantitative estimate of drug-likeness (QED) is 0.423. The number of carboxylic acid groups (broad SMARTS) is 1. The molecule has 2 fully saturated rings. The molecule has 2 aromatic rings. The lowest BCUT2D eigenvalue weighted by Gasteiger charge is -2.41. The predicted octanol–water partition coefficient (Wildman–Crippen LogP) is 5.04. The van der Waals surface area contributed by atoms with Gasteiger partial charge in [0.1, 0.15) is 12.4 Å². The highest BCUT2D eigenvalue weighted by atomic mass is 32.2. The van der Waals surface area contributed by atoms with Crippen molar-refractivity contribution in [3.63, 3.8) is 0 Å². The lowest BCUT2D eigenvalue weighted by molar-refractivity contribution is -0.160. The van der Waals surface area contributed by atoms with E-state index in [4.69, 9.17) is 14.5 Å². The summed E-state index contributed by atoms with van der Waals surface area (Å²) in [6, 6.07) is 7.87. The summed E-state index contributed by atoms with van der Waals surface area (Å²) in [4.78, 5) is 22.0. The first kappa shape index (κ1) is 32.2. The van der Waals surface area contributed by atoms with Crippen molar-refractivity contribution >= 4 is 21.5 Å². The molecule has 1 atom stereocenters. The number of hydrogen-bond acceptors (Lipinski definition) is 8. The smallest absolute Gasteiger partial charge is 0.337 e. The summed E-state index contributed by atoms with van der Waals surface area (Å²) in [5, 5.41) is 10.4. The summed E-state index contributed by atoms with van der Waals surface area (Å²) in [5.41, 5.74) is 4.42. The summed E-state index contributed by atoms with van der Waals surface area (Å²) in [6.45, 7) is 17.9. The molecule has 232 valence electrons. The molecule has 0 saturated carbocycles. The van der Waals surface area contributed by atoms with Gasteiger partial charge in [-0.05, 0) is 70.6 Å². The summed E-state index contributed by atoms with van der Waals surface area (Å²) in [7, 11) is -2.90. The lowest BCUT2D eigenvalue weighted by Crippen LogP contribution is -2.42. The van der Waals surface area contributed by atoms with Crippen molar-refractivity contribution in [2.75, 3.05) is 55.7 Å². The van der Waals surface area contributed by atoms with Crippen molar-refractivity contribution < 1.29 is 27.8 Å². The first-order chi connectivity index (χ1) is 19.6. The van der Waals surface area contributed by atoms with Crippen LogP contribution >= 0.6 is 0 Å². The van der Waals surface area contributed by atoms with Crippen LogP contribution in [-0.2, 0) is 19.4 Å². The van der Waals surface area contributed by atoms with Crippen LogP contribution in [0.15, 0.2) is 24.3 Å². The number of sulfone groups is 1. The third kappa shape index (κ3) is 8.02. The highest BCUT2D eigenvalue weighted by Crippen LogP contribution is 2.45. The summed E-state index contributed by atoms with van der Waals surface area (Å²) in [5.74, 6) is 0.0995. The van der Waals surface area contributed by atoms with Crippen LogP contribution in [0.5, 0.6) is 5.75 Å². The molecule has 2 aliphatic rings. The molecule has 1 N–H and O–H groups in total. The Labute approximate surface area is 251 Å². The minimum atomic E-state index is -2.90. The van der Waals surface area contributed by atoms with E-state index in [1.165, 1.54) is 0 Å². The molecule has 0 spiro atoms. The number of aromatic nitrogens is 1. The molecule has 1 aromatic carbocycles. The van der Waals surface area contributed by atoms with Crippen LogP contribution in [0.3, 0.4) is 0 Å². The van der Waals surface area contributed by atoms with Crippen LogP contribution in [-0.4, -0.2) is 85.8 Å². The topological polar surface area (TPSA) is 109 Å². The van der Waals surface area contributed by atoms with Gasteiger partial charge in [-0.15, -0.1) is 0 Å². The number of carboxylic acids is 1. The van der Waals surface area contributed by atoms with Crippen molar-refractivity contribution in [1.29, 1.82) is 0 Å². The second-order valence-corrected chi connectivity index (χ2v) is 15.7. The van der Waals surface area contributed by atoms with Crippen molar-refractivity contribution in [3.05, 3.63) is 41.2 Å². The third-order valence-electron chi connectivity index (χ3n) is 8.23. The van der Waals surface area contributed by atoms with Gasteiger partial charge < -0.3 is 19.5 Å². The van der Waals surface area contributed by atoms with E-state index < -0.39 is 27.5 Å². The van der Waals surface area contributed by atoms with E-state index in [2.05, 4.69) is 23.6 Å². The molecular formula is C32H47N3O6S. The maximum absolute atomic E-state index is 12.7. The van der Waals surface area contributed by atoms with Gasteiger partial charge in [-0.25, -0.2) is 13.2 Å². The number of rotatable bonds is 9. The molecule has 42 heavy (non-hydrogen) atoms. The first-order valence-corrected chi connectivity index (χ1v) is 16.7. The monoisotopic (exact) mass is 601 g/mol. The van der Waals surface area contributed by atoms with E-state index in [-0.39, 0.29) is 16.9 Å². The number of piperidine rings is 1. The fraction of sp³-hybridized carbons (Fsp3) is 0.625. The van der Waals surface area contributed by atoms with E-state index in [0.29, 0.717) is 37.5 Å². The summed E-state index contributed by atoms with van der Waals surface area (Å²) >= 11 is 0. The average Bonchev–Trinajstić information content (AvgIpc) is 2.88. The van der Waals surface area contributed by atoms with Crippen molar-refractivity contribution in [1.82, 2.24) is 9.88 Å². The zero-order valence-electron chi connectivity index (χ0n) is 26.2. The zero-order valence-corrected chi connectivity index (χ0v) is 27.0. The fourth-order valence-corrected chi connectivity index (χ4v) is 7.02. The molecule has 1 aromatic heterocycles. The van der Waals surface area contributed by atoms with Gasteiger partial charge in [0.25, 0.3) is 0 Å². The van der Waals surface area contributed by atoms with Gasteiger partial charge in [-0.2, -0.15) is 0 Å². The lowest BCUT2D eigenvalue weighted by atomic mass is 9.82. The normalized spacial score (nSPS) is 19.8. The molecule has 10 heteroatoms. The molecule has 0 amide bonds. The van der Waals surface area contributed by atoms with Gasteiger partial charge in [-0.1, -0.05) is 26.0 Å². The molecule has 0 aliphatic carbocycles. The number of benzene rings is 1. The number of nitrogens with zero attached hydrogens (tertiary/aromatic N) is 3.